The molecule has 0 N–H and O–H groups in total. The topological polar surface area (TPSA) is 69.9 Å². The van der Waals surface area contributed by atoms with E-state index < -0.39 is 0 Å². The highest BCUT2D eigenvalue weighted by Gasteiger charge is 2.20. The fraction of sp³-hybridized carbons (Fsp3) is 0.167. The molecule has 126 valence electrons. The van der Waals surface area contributed by atoms with Crippen LogP contribution in [0.3, 0.4) is 0 Å². The van der Waals surface area contributed by atoms with Crippen molar-refractivity contribution in [2.45, 2.75) is 24.3 Å². The van der Waals surface area contributed by atoms with Crippen LogP contribution in [0.4, 0.5) is 0 Å². The molecule has 0 saturated carbocycles. The first-order valence-electron chi connectivity index (χ1n) is 7.86. The second-order valence-electron chi connectivity index (χ2n) is 5.56. The molecule has 7 heteroatoms. The number of hydrogen-bond acceptors (Lipinski definition) is 6. The number of nitrogens with zero attached hydrogens (tertiary/aromatic N) is 4. The van der Waals surface area contributed by atoms with Crippen LogP contribution in [0.2, 0.25) is 0 Å². The van der Waals surface area contributed by atoms with Gasteiger partial charge in [-0.3, -0.25) is 4.57 Å². The highest BCUT2D eigenvalue weighted by Crippen LogP contribution is 2.35. The molecule has 3 heterocycles. The lowest BCUT2D eigenvalue weighted by molar-refractivity contribution is 0.379. The van der Waals surface area contributed by atoms with E-state index in [-0.39, 0.29) is 5.25 Å². The van der Waals surface area contributed by atoms with Gasteiger partial charge in [0.15, 0.2) is 10.9 Å². The Morgan fingerprint density at radius 3 is 2.84 bits per heavy atom. The third kappa shape index (κ3) is 3.10. The number of furan rings is 1. The average molecular weight is 352 g/mol. The number of aromatic nitrogens is 4. The van der Waals surface area contributed by atoms with Gasteiger partial charge in [0.1, 0.15) is 0 Å². The summed E-state index contributed by atoms with van der Waals surface area (Å²) >= 11 is 1.57. The monoisotopic (exact) mass is 352 g/mol. The number of benzene rings is 1. The van der Waals surface area contributed by atoms with Gasteiger partial charge < -0.3 is 8.94 Å². The van der Waals surface area contributed by atoms with Crippen LogP contribution < -0.4 is 0 Å². The summed E-state index contributed by atoms with van der Waals surface area (Å²) in [6.45, 7) is 4.10. The Hall–Kier alpha value is -2.80. The number of imidazole rings is 1. The fourth-order valence-corrected chi connectivity index (χ4v) is 3.42. The summed E-state index contributed by atoms with van der Waals surface area (Å²) in [5, 5.41) is 4.82. The molecule has 0 spiro atoms. The molecular formula is C18H16N4O2S. The van der Waals surface area contributed by atoms with Crippen molar-refractivity contribution >= 4 is 11.8 Å². The smallest absolute Gasteiger partial charge is 0.240 e. The third-order valence-corrected chi connectivity index (χ3v) is 4.86. The normalized spacial score (nSPS) is 12.4. The standard InChI is InChI=1S/C18H16N4O2S/c1-12-6-3-4-7-14(12)22-10-9-19-18(22)25-13(2)17-20-16(21-24-17)15-8-5-11-23-15/h3-11,13H,1-2H3/t13-/m1/s1. The van der Waals surface area contributed by atoms with E-state index in [0.717, 1.165) is 10.8 Å². The molecule has 0 bridgehead atoms. The minimum Gasteiger partial charge on any atom is -0.461 e. The number of para-hydroxylation sites is 1. The van der Waals surface area contributed by atoms with Gasteiger partial charge in [0.05, 0.1) is 17.2 Å². The average Bonchev–Trinajstić information content (AvgIpc) is 3.36. The molecule has 0 saturated heterocycles. The van der Waals surface area contributed by atoms with E-state index in [4.69, 9.17) is 8.94 Å². The molecule has 0 aliphatic carbocycles. The van der Waals surface area contributed by atoms with Gasteiger partial charge in [0, 0.05) is 12.4 Å². The summed E-state index contributed by atoms with van der Waals surface area (Å²) < 4.78 is 12.8. The molecule has 3 aromatic heterocycles. The van der Waals surface area contributed by atoms with Crippen LogP contribution in [0.15, 0.2) is 69.2 Å². The first-order chi connectivity index (χ1) is 12.2. The molecule has 0 fully saturated rings. The Kier molecular flexibility index (Phi) is 4.15. The maximum absolute atomic E-state index is 5.39. The number of hydrogen-bond donors (Lipinski definition) is 0. The lowest BCUT2D eigenvalue weighted by Gasteiger charge is -2.11. The van der Waals surface area contributed by atoms with Crippen LogP contribution in [0.5, 0.6) is 0 Å². The van der Waals surface area contributed by atoms with Crippen molar-refractivity contribution < 1.29 is 8.94 Å². The minimum absolute atomic E-state index is 0.0404. The van der Waals surface area contributed by atoms with Crippen LogP contribution >= 0.6 is 11.8 Å². The largest absolute Gasteiger partial charge is 0.461 e. The summed E-state index contributed by atoms with van der Waals surface area (Å²) in [6, 6.07) is 11.8. The second kappa shape index (κ2) is 6.60. The van der Waals surface area contributed by atoms with Crippen molar-refractivity contribution in [1.29, 1.82) is 0 Å². The molecule has 1 atom stereocenters. The van der Waals surface area contributed by atoms with Crippen LogP contribution in [0.25, 0.3) is 17.3 Å². The lowest BCUT2D eigenvalue weighted by Crippen LogP contribution is -1.99. The Bertz CT molecular complexity index is 975. The van der Waals surface area contributed by atoms with Crippen LogP contribution in [0, 0.1) is 6.92 Å². The fourth-order valence-electron chi connectivity index (χ4n) is 2.51. The maximum Gasteiger partial charge on any atom is 0.240 e. The molecule has 0 aliphatic rings. The molecule has 6 nitrogen and oxygen atoms in total. The van der Waals surface area contributed by atoms with E-state index in [1.165, 1.54) is 5.56 Å². The van der Waals surface area contributed by atoms with E-state index in [0.29, 0.717) is 17.5 Å². The second-order valence-corrected chi connectivity index (χ2v) is 6.87. The highest BCUT2D eigenvalue weighted by molar-refractivity contribution is 7.99. The van der Waals surface area contributed by atoms with Crippen LogP contribution in [-0.2, 0) is 0 Å². The van der Waals surface area contributed by atoms with Crippen LogP contribution in [-0.4, -0.2) is 19.7 Å². The first kappa shape index (κ1) is 15.7. The maximum atomic E-state index is 5.39. The SMILES string of the molecule is Cc1ccccc1-n1ccnc1S[C@H](C)c1nc(-c2ccco2)no1. The molecule has 0 amide bonds. The summed E-state index contributed by atoms with van der Waals surface area (Å²) in [6.07, 6.45) is 5.34. The van der Waals surface area contributed by atoms with E-state index in [2.05, 4.69) is 38.7 Å². The summed E-state index contributed by atoms with van der Waals surface area (Å²) in [5.74, 6) is 1.58. The van der Waals surface area contributed by atoms with Gasteiger partial charge in [-0.15, -0.1) is 0 Å². The van der Waals surface area contributed by atoms with Gasteiger partial charge in [-0.25, -0.2) is 4.98 Å². The van der Waals surface area contributed by atoms with Crippen molar-refractivity contribution in [1.82, 2.24) is 19.7 Å². The molecule has 0 aliphatic heterocycles. The lowest BCUT2D eigenvalue weighted by atomic mass is 10.2. The van der Waals surface area contributed by atoms with Gasteiger partial charge in [0.2, 0.25) is 11.7 Å². The molecule has 1 aromatic carbocycles. The zero-order valence-electron chi connectivity index (χ0n) is 13.8. The molecule has 0 unspecified atom stereocenters. The minimum atomic E-state index is -0.0404. The molecule has 0 radical (unpaired) electrons. The molecular weight excluding hydrogens is 336 g/mol. The number of thioether (sulfide) groups is 1. The van der Waals surface area contributed by atoms with Crippen molar-refractivity contribution in [3.63, 3.8) is 0 Å². The van der Waals surface area contributed by atoms with E-state index in [1.54, 1.807) is 36.4 Å². The van der Waals surface area contributed by atoms with Gasteiger partial charge in [0.25, 0.3) is 0 Å². The van der Waals surface area contributed by atoms with Gasteiger partial charge in [-0.1, -0.05) is 35.1 Å². The summed E-state index contributed by atoms with van der Waals surface area (Å²) in [7, 11) is 0. The number of aryl methyl sites for hydroxylation is 1. The van der Waals surface area contributed by atoms with Gasteiger partial charge >= 0.3 is 0 Å². The van der Waals surface area contributed by atoms with E-state index in [1.807, 2.05) is 25.3 Å². The Balaban J connectivity index is 1.57. The Labute approximate surface area is 148 Å². The first-order valence-corrected chi connectivity index (χ1v) is 8.74. The highest BCUT2D eigenvalue weighted by atomic mass is 32.2. The quantitative estimate of drug-likeness (QED) is 0.486. The summed E-state index contributed by atoms with van der Waals surface area (Å²) in [4.78, 5) is 8.90. The molecule has 4 aromatic rings. The van der Waals surface area contributed by atoms with Crippen molar-refractivity contribution in [2.24, 2.45) is 0 Å². The van der Waals surface area contributed by atoms with Crippen molar-refractivity contribution in [2.75, 3.05) is 0 Å². The molecule has 25 heavy (non-hydrogen) atoms. The zero-order chi connectivity index (χ0) is 17.2. The molecule has 4 rings (SSSR count). The summed E-state index contributed by atoms with van der Waals surface area (Å²) in [5.41, 5.74) is 2.30. The zero-order valence-corrected chi connectivity index (χ0v) is 14.6. The van der Waals surface area contributed by atoms with E-state index in [9.17, 15) is 0 Å². The van der Waals surface area contributed by atoms with Crippen molar-refractivity contribution in [3.05, 3.63) is 66.5 Å². The number of rotatable bonds is 5. The van der Waals surface area contributed by atoms with Gasteiger partial charge in [-0.05, 0) is 37.6 Å². The van der Waals surface area contributed by atoms with Crippen LogP contribution in [0.1, 0.15) is 23.6 Å². The Morgan fingerprint density at radius 1 is 1.16 bits per heavy atom. The Morgan fingerprint density at radius 2 is 2.04 bits per heavy atom. The predicted octanol–water partition coefficient (Wildman–Crippen LogP) is 4.68. The third-order valence-electron chi connectivity index (χ3n) is 3.80. The van der Waals surface area contributed by atoms with Gasteiger partial charge in [-0.2, -0.15) is 4.98 Å². The van der Waals surface area contributed by atoms with E-state index >= 15 is 0 Å². The predicted molar refractivity (Wildman–Crippen MR) is 94.6 cm³/mol. The van der Waals surface area contributed by atoms with Crippen molar-refractivity contribution in [3.8, 4) is 17.3 Å².